The van der Waals surface area contributed by atoms with Gasteiger partial charge in [0.05, 0.1) is 29.0 Å². The van der Waals surface area contributed by atoms with Crippen LogP contribution in [0.4, 0.5) is 0 Å². The van der Waals surface area contributed by atoms with E-state index in [-0.39, 0.29) is 23.3 Å². The Hall–Kier alpha value is -1.07. The van der Waals surface area contributed by atoms with Crippen LogP contribution < -0.4 is 0 Å². The van der Waals surface area contributed by atoms with E-state index in [1.165, 1.54) is 12.8 Å². The van der Waals surface area contributed by atoms with Crippen molar-refractivity contribution in [3.8, 4) is 0 Å². The highest BCUT2D eigenvalue weighted by Gasteiger charge is 2.38. The largest absolute Gasteiger partial charge is 0.374 e. The number of morpholine rings is 1. The van der Waals surface area contributed by atoms with E-state index in [0.717, 1.165) is 24.4 Å². The minimum atomic E-state index is -0.0967. The fraction of sp³-hybridized carbons (Fsp3) is 0.625. The summed E-state index contributed by atoms with van der Waals surface area (Å²) in [6.07, 6.45) is 6.62. The lowest BCUT2D eigenvalue weighted by Gasteiger charge is -2.44. The molecule has 5 heteroatoms. The van der Waals surface area contributed by atoms with Gasteiger partial charge in [-0.25, -0.2) is 4.98 Å². The zero-order valence-corrected chi connectivity index (χ0v) is 13.2. The summed E-state index contributed by atoms with van der Waals surface area (Å²) < 4.78 is 5.85. The smallest absolute Gasteiger partial charge is 0.236 e. The van der Waals surface area contributed by atoms with Crippen LogP contribution in [0, 0.1) is 0 Å². The number of fused-ring (bicyclic) bond motifs is 1. The van der Waals surface area contributed by atoms with Crippen molar-refractivity contribution in [3.63, 3.8) is 0 Å². The lowest BCUT2D eigenvalue weighted by Crippen LogP contribution is -2.56. The van der Waals surface area contributed by atoms with Crippen LogP contribution in [0.1, 0.15) is 32.6 Å². The molecule has 2 heterocycles. The molecule has 0 bridgehead atoms. The van der Waals surface area contributed by atoms with E-state index in [1.54, 1.807) is 18.0 Å². The first-order valence-electron chi connectivity index (χ1n) is 7.75. The summed E-state index contributed by atoms with van der Waals surface area (Å²) in [5, 5.41) is 0.812. The van der Waals surface area contributed by atoms with Gasteiger partial charge in [0.15, 0.2) is 0 Å². The normalized spacial score (nSPS) is 27.0. The summed E-state index contributed by atoms with van der Waals surface area (Å²) in [6, 6.07) is 6.09. The van der Waals surface area contributed by atoms with Crippen LogP contribution in [-0.2, 0) is 9.53 Å². The maximum atomic E-state index is 12.8. The zero-order chi connectivity index (χ0) is 14.7. The van der Waals surface area contributed by atoms with Gasteiger partial charge in [-0.2, -0.15) is 0 Å². The van der Waals surface area contributed by atoms with Crippen molar-refractivity contribution in [2.75, 3.05) is 13.2 Å². The first-order chi connectivity index (χ1) is 10.3. The van der Waals surface area contributed by atoms with Crippen LogP contribution in [0.15, 0.2) is 29.4 Å². The Bertz CT molecular complexity index is 480. The maximum absolute atomic E-state index is 12.8. The molecule has 0 aromatic carbocycles. The molecule has 4 nitrogen and oxygen atoms in total. The van der Waals surface area contributed by atoms with Crippen LogP contribution in [0.5, 0.6) is 0 Å². The number of hydrogen-bond donors (Lipinski definition) is 0. The minimum Gasteiger partial charge on any atom is -0.374 e. The summed E-state index contributed by atoms with van der Waals surface area (Å²) in [6.45, 7) is 3.38. The molecule has 114 valence electrons. The molecule has 3 atom stereocenters. The third-order valence-corrected chi connectivity index (χ3v) is 5.34. The Kier molecular flexibility index (Phi) is 4.80. The second-order valence-electron chi connectivity index (χ2n) is 5.72. The number of amides is 1. The molecule has 0 spiro atoms. The number of ether oxygens (including phenoxy) is 1. The summed E-state index contributed by atoms with van der Waals surface area (Å²) in [5.41, 5.74) is 0. The van der Waals surface area contributed by atoms with Gasteiger partial charge >= 0.3 is 0 Å². The number of pyridine rings is 1. The maximum Gasteiger partial charge on any atom is 0.236 e. The summed E-state index contributed by atoms with van der Waals surface area (Å²) in [5.74, 6) is 0.228. The van der Waals surface area contributed by atoms with Gasteiger partial charge in [0.25, 0.3) is 0 Å². The standard InChI is InChI=1S/C16H22N2O2S/c1-12(21-15-8-4-5-9-17-15)16(19)18-10-11-20-14-7-3-2-6-13(14)18/h4-5,8-9,12-14H,2-3,6-7,10-11H2,1H3/t12-,13-,14-/m0/s1. The Morgan fingerprint density at radius 3 is 3.10 bits per heavy atom. The van der Waals surface area contributed by atoms with Crippen molar-refractivity contribution in [3.05, 3.63) is 24.4 Å². The van der Waals surface area contributed by atoms with Gasteiger partial charge < -0.3 is 9.64 Å². The van der Waals surface area contributed by atoms with E-state index in [4.69, 9.17) is 4.74 Å². The van der Waals surface area contributed by atoms with Crippen LogP contribution in [0.3, 0.4) is 0 Å². The van der Waals surface area contributed by atoms with Gasteiger partial charge in [-0.05, 0) is 31.9 Å². The van der Waals surface area contributed by atoms with Gasteiger partial charge in [-0.3, -0.25) is 4.79 Å². The van der Waals surface area contributed by atoms with Crippen molar-refractivity contribution in [2.24, 2.45) is 0 Å². The van der Waals surface area contributed by atoms with E-state index < -0.39 is 0 Å². The first-order valence-corrected chi connectivity index (χ1v) is 8.63. The molecule has 2 fully saturated rings. The molecule has 0 N–H and O–H groups in total. The van der Waals surface area contributed by atoms with Gasteiger partial charge in [0.2, 0.25) is 5.91 Å². The molecule has 1 saturated heterocycles. The lowest BCUT2D eigenvalue weighted by atomic mass is 9.90. The molecule has 0 unspecified atom stereocenters. The first kappa shape index (κ1) is 14.9. The predicted molar refractivity (Wildman–Crippen MR) is 83.3 cm³/mol. The van der Waals surface area contributed by atoms with Crippen LogP contribution in [-0.4, -0.2) is 46.3 Å². The van der Waals surface area contributed by atoms with Crippen LogP contribution in [0.2, 0.25) is 0 Å². The highest BCUT2D eigenvalue weighted by molar-refractivity contribution is 8.00. The fourth-order valence-corrected chi connectivity index (χ4v) is 4.13. The van der Waals surface area contributed by atoms with E-state index in [2.05, 4.69) is 9.88 Å². The predicted octanol–water partition coefficient (Wildman–Crippen LogP) is 2.73. The Morgan fingerprint density at radius 1 is 1.43 bits per heavy atom. The molecule has 21 heavy (non-hydrogen) atoms. The topological polar surface area (TPSA) is 42.4 Å². The van der Waals surface area contributed by atoms with Crippen molar-refractivity contribution >= 4 is 17.7 Å². The van der Waals surface area contributed by atoms with Gasteiger partial charge in [0, 0.05) is 12.7 Å². The SMILES string of the molecule is C[C@H](Sc1ccccn1)C(=O)N1CCO[C@H]2CCCC[C@@H]21. The minimum absolute atomic E-state index is 0.0967. The Balaban J connectivity index is 1.65. The molecule has 1 aromatic rings. The summed E-state index contributed by atoms with van der Waals surface area (Å²) in [7, 11) is 0. The average Bonchev–Trinajstić information content (AvgIpc) is 2.54. The van der Waals surface area contributed by atoms with E-state index in [9.17, 15) is 4.79 Å². The number of aromatic nitrogens is 1. The molecule has 3 rings (SSSR count). The van der Waals surface area contributed by atoms with Crippen molar-refractivity contribution in [1.29, 1.82) is 0 Å². The van der Waals surface area contributed by atoms with E-state index in [1.807, 2.05) is 25.1 Å². The molecule has 1 saturated carbocycles. The Morgan fingerprint density at radius 2 is 2.29 bits per heavy atom. The number of carbonyl (C=O) groups is 1. The number of hydrogen-bond acceptors (Lipinski definition) is 4. The van der Waals surface area contributed by atoms with Crippen molar-refractivity contribution in [2.45, 2.75) is 55.0 Å². The van der Waals surface area contributed by atoms with Gasteiger partial charge in [0.1, 0.15) is 0 Å². The second-order valence-corrected chi connectivity index (χ2v) is 7.08. The third-order valence-electron chi connectivity index (χ3n) is 4.30. The third kappa shape index (κ3) is 3.40. The quantitative estimate of drug-likeness (QED) is 0.805. The van der Waals surface area contributed by atoms with Crippen LogP contribution >= 0.6 is 11.8 Å². The summed E-state index contributed by atoms with van der Waals surface area (Å²) in [4.78, 5) is 19.1. The van der Waals surface area contributed by atoms with E-state index >= 15 is 0 Å². The van der Waals surface area contributed by atoms with Crippen molar-refractivity contribution in [1.82, 2.24) is 9.88 Å². The molecular weight excluding hydrogens is 284 g/mol. The molecule has 1 aliphatic heterocycles. The average molecular weight is 306 g/mol. The highest BCUT2D eigenvalue weighted by Crippen LogP contribution is 2.31. The number of nitrogens with zero attached hydrogens (tertiary/aromatic N) is 2. The molecule has 1 aliphatic carbocycles. The second kappa shape index (κ2) is 6.79. The van der Waals surface area contributed by atoms with Gasteiger partial charge in [-0.1, -0.05) is 30.7 Å². The monoisotopic (exact) mass is 306 g/mol. The van der Waals surface area contributed by atoms with Crippen LogP contribution in [0.25, 0.3) is 0 Å². The van der Waals surface area contributed by atoms with E-state index in [0.29, 0.717) is 6.61 Å². The molecule has 0 radical (unpaired) electrons. The number of carbonyl (C=O) groups excluding carboxylic acids is 1. The molecule has 1 amide bonds. The zero-order valence-electron chi connectivity index (χ0n) is 12.4. The molecular formula is C16H22N2O2S. The Labute approximate surface area is 130 Å². The fourth-order valence-electron chi connectivity index (χ4n) is 3.25. The number of rotatable bonds is 3. The summed E-state index contributed by atoms with van der Waals surface area (Å²) >= 11 is 1.54. The van der Waals surface area contributed by atoms with Gasteiger partial charge in [-0.15, -0.1) is 0 Å². The lowest BCUT2D eigenvalue weighted by molar-refractivity contribution is -0.148. The molecule has 1 aromatic heterocycles. The number of thioether (sulfide) groups is 1. The van der Waals surface area contributed by atoms with Crippen molar-refractivity contribution < 1.29 is 9.53 Å². The highest BCUT2D eigenvalue weighted by atomic mass is 32.2. The molecule has 2 aliphatic rings.